The van der Waals surface area contributed by atoms with E-state index < -0.39 is 11.9 Å². The summed E-state index contributed by atoms with van der Waals surface area (Å²) in [6.45, 7) is 0.450. The van der Waals surface area contributed by atoms with Crippen molar-refractivity contribution < 1.29 is 29.2 Å². The largest absolute Gasteiger partial charge is 0.481 e. The molecule has 0 radical (unpaired) electrons. The maximum Gasteiger partial charge on any atom is 0.306 e. The molecule has 0 aromatic carbocycles. The molecule has 8 nitrogen and oxygen atoms in total. The molecule has 1 heterocycles. The Kier molecular flexibility index (Phi) is 11.2. The Morgan fingerprint density at radius 3 is 2.26 bits per heavy atom. The number of aliphatic carboxylic acids is 1. The molecular weight excluding hydrogens is 256 g/mol. The number of carboxylic acid groups (broad SMARTS) is 1. The van der Waals surface area contributed by atoms with E-state index in [9.17, 15) is 9.59 Å². The van der Waals surface area contributed by atoms with Gasteiger partial charge in [0, 0.05) is 6.61 Å². The second-order valence-corrected chi connectivity index (χ2v) is 3.49. The first-order valence-corrected chi connectivity index (χ1v) is 5.86. The summed E-state index contributed by atoms with van der Waals surface area (Å²) >= 11 is 0. The van der Waals surface area contributed by atoms with Crippen LogP contribution in [0.3, 0.4) is 0 Å². The van der Waals surface area contributed by atoms with Gasteiger partial charge >= 0.3 is 11.9 Å². The fraction of sp³-hybridized carbons (Fsp3) is 0.636. The molecule has 0 atom stereocenters. The summed E-state index contributed by atoms with van der Waals surface area (Å²) in [7, 11) is 0. The van der Waals surface area contributed by atoms with E-state index in [2.05, 4.69) is 14.9 Å². The van der Waals surface area contributed by atoms with Gasteiger partial charge < -0.3 is 14.9 Å². The van der Waals surface area contributed by atoms with Gasteiger partial charge in [-0.15, -0.1) is 0 Å². The minimum atomic E-state index is -0.998. The van der Waals surface area contributed by atoms with Crippen LogP contribution in [0, 0.1) is 0 Å². The quantitative estimate of drug-likeness (QED) is 0.522. The maximum absolute atomic E-state index is 10.8. The summed E-state index contributed by atoms with van der Waals surface area (Å²) in [6.07, 6.45) is 4.90. The molecule has 0 saturated heterocycles. The Hall–Kier alpha value is -1.96. The molecule has 108 valence electrons. The zero-order valence-corrected chi connectivity index (χ0v) is 10.5. The zero-order valence-electron chi connectivity index (χ0n) is 10.5. The molecule has 8 heteroatoms. The Morgan fingerprint density at radius 2 is 1.79 bits per heavy atom. The Bertz CT molecular complexity index is 311. The first kappa shape index (κ1) is 17.0. The van der Waals surface area contributed by atoms with Gasteiger partial charge in [-0.05, 0) is 19.3 Å². The van der Waals surface area contributed by atoms with Gasteiger partial charge in [0.1, 0.15) is 0 Å². The number of hydrogen-bond donors (Lipinski definition) is 2. The van der Waals surface area contributed by atoms with E-state index in [1.807, 2.05) is 0 Å². The van der Waals surface area contributed by atoms with Crippen LogP contribution in [-0.2, 0) is 14.3 Å². The van der Waals surface area contributed by atoms with Crippen LogP contribution in [0.5, 0.6) is 0 Å². The Morgan fingerprint density at radius 1 is 1.11 bits per heavy atom. The second kappa shape index (κ2) is 12.5. The molecule has 1 rings (SSSR count). The van der Waals surface area contributed by atoms with Crippen molar-refractivity contribution in [3.8, 4) is 0 Å². The number of aliphatic hydroxyl groups excluding tert-OH is 1. The number of rotatable bonds is 8. The van der Waals surface area contributed by atoms with E-state index in [0.29, 0.717) is 19.4 Å². The van der Waals surface area contributed by atoms with Crippen LogP contribution < -0.4 is 0 Å². The molecule has 0 amide bonds. The van der Waals surface area contributed by atoms with Crippen molar-refractivity contribution in [2.45, 2.75) is 32.1 Å². The van der Waals surface area contributed by atoms with E-state index in [0.717, 1.165) is 6.42 Å². The summed E-state index contributed by atoms with van der Waals surface area (Å²) in [5, 5.41) is 23.2. The Labute approximate surface area is 110 Å². The lowest BCUT2D eigenvalue weighted by Crippen LogP contribution is -2.08. The number of hydrogen-bond acceptors (Lipinski definition) is 7. The SMILES string of the molecule is O=C(O)CCC(=O)OCCCCCO.c1cnon1. The highest BCUT2D eigenvalue weighted by Gasteiger charge is 2.05. The van der Waals surface area contributed by atoms with Crippen LogP contribution in [0.25, 0.3) is 0 Å². The lowest BCUT2D eigenvalue weighted by Gasteiger charge is -2.02. The lowest BCUT2D eigenvalue weighted by atomic mass is 10.2. The molecule has 1 aromatic rings. The third-order valence-electron chi connectivity index (χ3n) is 1.89. The van der Waals surface area contributed by atoms with Crippen molar-refractivity contribution in [3.05, 3.63) is 12.4 Å². The molecule has 0 aliphatic rings. The summed E-state index contributed by atoms with van der Waals surface area (Å²) in [6, 6.07) is 0. The molecule has 1 aromatic heterocycles. The molecule has 0 aliphatic carbocycles. The fourth-order valence-corrected chi connectivity index (χ4v) is 0.994. The number of aromatic nitrogens is 2. The van der Waals surface area contributed by atoms with Crippen LogP contribution in [0.15, 0.2) is 17.0 Å². The summed E-state index contributed by atoms with van der Waals surface area (Å²) in [4.78, 5) is 20.9. The van der Waals surface area contributed by atoms with Gasteiger partial charge in [0.25, 0.3) is 0 Å². The molecule has 0 bridgehead atoms. The van der Waals surface area contributed by atoms with E-state index in [4.69, 9.17) is 14.9 Å². The third-order valence-corrected chi connectivity index (χ3v) is 1.89. The van der Waals surface area contributed by atoms with Gasteiger partial charge in [-0.3, -0.25) is 9.59 Å². The van der Waals surface area contributed by atoms with Gasteiger partial charge in [0.15, 0.2) is 0 Å². The van der Waals surface area contributed by atoms with Crippen LogP contribution in [0.2, 0.25) is 0 Å². The van der Waals surface area contributed by atoms with Crippen molar-refractivity contribution in [2.24, 2.45) is 0 Å². The Balaban J connectivity index is 0.000000532. The smallest absolute Gasteiger partial charge is 0.306 e. The predicted molar refractivity (Wildman–Crippen MR) is 63.1 cm³/mol. The molecule has 0 unspecified atom stereocenters. The van der Waals surface area contributed by atoms with Crippen molar-refractivity contribution >= 4 is 11.9 Å². The van der Waals surface area contributed by atoms with Crippen molar-refractivity contribution in [1.29, 1.82) is 0 Å². The molecule has 0 aliphatic heterocycles. The number of ether oxygens (including phenoxy) is 1. The van der Waals surface area contributed by atoms with E-state index in [1.54, 1.807) is 0 Å². The van der Waals surface area contributed by atoms with E-state index in [-0.39, 0.29) is 19.4 Å². The second-order valence-electron chi connectivity index (χ2n) is 3.49. The molecular formula is C11H18N2O6. The third kappa shape index (κ3) is 14.0. The highest BCUT2D eigenvalue weighted by atomic mass is 16.6. The minimum Gasteiger partial charge on any atom is -0.481 e. The molecule has 19 heavy (non-hydrogen) atoms. The van der Waals surface area contributed by atoms with Gasteiger partial charge in [0.2, 0.25) is 0 Å². The number of nitrogens with zero attached hydrogens (tertiary/aromatic N) is 2. The van der Waals surface area contributed by atoms with Crippen LogP contribution in [0.1, 0.15) is 32.1 Å². The highest BCUT2D eigenvalue weighted by molar-refractivity contribution is 5.76. The standard InChI is InChI=1S/C9H16O5.C2H2N2O/c10-6-2-1-3-7-14-9(13)5-4-8(11)12;1-2-4-5-3-1/h10H,1-7H2,(H,11,12);1-2H. The molecule has 2 N–H and O–H groups in total. The van der Waals surface area contributed by atoms with Crippen LogP contribution >= 0.6 is 0 Å². The van der Waals surface area contributed by atoms with Crippen molar-refractivity contribution in [2.75, 3.05) is 13.2 Å². The average Bonchev–Trinajstić information content (AvgIpc) is 2.95. The monoisotopic (exact) mass is 274 g/mol. The first-order valence-electron chi connectivity index (χ1n) is 5.86. The number of unbranched alkanes of at least 4 members (excludes halogenated alkanes) is 2. The average molecular weight is 274 g/mol. The minimum absolute atomic E-state index is 0.0741. The zero-order chi connectivity index (χ0) is 14.3. The fourth-order valence-electron chi connectivity index (χ4n) is 0.994. The maximum atomic E-state index is 10.8. The van der Waals surface area contributed by atoms with Crippen LogP contribution in [0.4, 0.5) is 0 Å². The van der Waals surface area contributed by atoms with Crippen molar-refractivity contribution in [3.63, 3.8) is 0 Å². The van der Waals surface area contributed by atoms with Crippen LogP contribution in [-0.4, -0.2) is 45.7 Å². The predicted octanol–water partition coefficient (Wildman–Crippen LogP) is 0.627. The number of carboxylic acids is 1. The lowest BCUT2D eigenvalue weighted by molar-refractivity contribution is -0.147. The molecule has 0 fully saturated rings. The number of carbonyl (C=O) groups is 2. The normalized spacial score (nSPS) is 9.32. The number of aliphatic hydroxyl groups is 1. The van der Waals surface area contributed by atoms with Crippen molar-refractivity contribution in [1.82, 2.24) is 10.3 Å². The first-order chi connectivity index (χ1) is 9.16. The highest BCUT2D eigenvalue weighted by Crippen LogP contribution is 1.98. The number of esters is 1. The summed E-state index contributed by atoms with van der Waals surface area (Å²) in [5.74, 6) is -1.47. The van der Waals surface area contributed by atoms with Gasteiger partial charge in [-0.2, -0.15) is 0 Å². The van der Waals surface area contributed by atoms with E-state index >= 15 is 0 Å². The van der Waals surface area contributed by atoms with Gasteiger partial charge in [-0.1, -0.05) is 10.3 Å². The summed E-state index contributed by atoms with van der Waals surface area (Å²) < 4.78 is 8.84. The topological polar surface area (TPSA) is 123 Å². The van der Waals surface area contributed by atoms with Gasteiger partial charge in [0.05, 0.1) is 31.8 Å². The molecule has 0 spiro atoms. The number of carbonyl (C=O) groups excluding carboxylic acids is 1. The molecule has 0 saturated carbocycles. The summed E-state index contributed by atoms with van der Waals surface area (Å²) in [5.41, 5.74) is 0. The van der Waals surface area contributed by atoms with E-state index in [1.165, 1.54) is 12.4 Å². The van der Waals surface area contributed by atoms with Gasteiger partial charge in [-0.25, -0.2) is 4.63 Å².